The van der Waals surface area contributed by atoms with Gasteiger partial charge in [-0.2, -0.15) is 9.61 Å². The first-order valence-corrected chi connectivity index (χ1v) is 15.9. The van der Waals surface area contributed by atoms with Crippen molar-refractivity contribution in [2.24, 2.45) is 0 Å². The van der Waals surface area contributed by atoms with Gasteiger partial charge >= 0.3 is 5.97 Å². The average molecular weight is 597 g/mol. The lowest BCUT2D eigenvalue weighted by Crippen LogP contribution is -2.46. The van der Waals surface area contributed by atoms with E-state index in [1.54, 1.807) is 0 Å². The number of hydrogen-bond donors (Lipinski definition) is 1. The van der Waals surface area contributed by atoms with Crippen LogP contribution in [-0.4, -0.2) is 56.6 Å². The molecule has 5 heterocycles. The number of anilines is 1. The zero-order valence-corrected chi connectivity index (χ0v) is 26.6. The Labute approximate surface area is 260 Å². The Morgan fingerprint density at radius 3 is 2.52 bits per heavy atom. The van der Waals surface area contributed by atoms with Gasteiger partial charge in [0.1, 0.15) is 5.82 Å². The predicted octanol–water partition coefficient (Wildman–Crippen LogP) is 7.41. The van der Waals surface area contributed by atoms with Gasteiger partial charge in [0.25, 0.3) is 0 Å². The van der Waals surface area contributed by atoms with Gasteiger partial charge in [-0.05, 0) is 89.5 Å². The molecule has 44 heavy (non-hydrogen) atoms. The molecular weight excluding hydrogens is 552 g/mol. The number of aryl methyl sites for hydroxylation is 2. The molecule has 0 saturated carbocycles. The monoisotopic (exact) mass is 596 g/mol. The molecule has 3 aliphatic rings. The first-order chi connectivity index (χ1) is 21.0. The lowest BCUT2D eigenvalue weighted by molar-refractivity contribution is -0.160. The van der Waals surface area contributed by atoms with Gasteiger partial charge in [-0.15, -0.1) is 0 Å². The van der Waals surface area contributed by atoms with Gasteiger partial charge in [-0.3, -0.25) is 0 Å². The number of ether oxygens (including phenoxy) is 2. The van der Waals surface area contributed by atoms with Crippen LogP contribution < -0.4 is 4.90 Å². The molecule has 232 valence electrons. The van der Waals surface area contributed by atoms with Crippen LogP contribution in [0.5, 0.6) is 0 Å². The molecule has 0 unspecified atom stereocenters. The molecule has 0 radical (unpaired) electrons. The molecule has 1 saturated heterocycles. The number of carboxylic acids is 1. The number of aliphatic carboxylic acids is 1. The number of rotatable bonds is 3. The number of nitrogens with zero attached hydrogens (tertiary/aromatic N) is 4. The Kier molecular flexibility index (Phi) is 8.24. The minimum absolute atomic E-state index is 0.226. The van der Waals surface area contributed by atoms with E-state index in [-0.39, 0.29) is 5.60 Å². The Hall–Kier alpha value is -3.75. The molecule has 1 fully saturated rings. The molecule has 2 aromatic heterocycles. The van der Waals surface area contributed by atoms with Crippen LogP contribution in [0.25, 0.3) is 28.0 Å². The SMILES string of the molecule is Cc1nc2cc3nn2c(c1[C@H](OC(C)(C)C)C(=O)O)N1CCC(C)(CC1)OCCCCCc1ccccc1-c1cccc-3c1. The maximum atomic E-state index is 12.8. The molecule has 4 aromatic rings. The number of fused-ring (bicyclic) bond motifs is 7. The van der Waals surface area contributed by atoms with Crippen molar-refractivity contribution in [1.29, 1.82) is 0 Å². The maximum absolute atomic E-state index is 12.8. The van der Waals surface area contributed by atoms with Crippen molar-refractivity contribution in [2.75, 3.05) is 24.6 Å². The number of carbonyl (C=O) groups is 1. The van der Waals surface area contributed by atoms with Crippen molar-refractivity contribution in [3.63, 3.8) is 0 Å². The smallest absolute Gasteiger partial charge is 0.337 e. The van der Waals surface area contributed by atoms with Gasteiger partial charge < -0.3 is 19.5 Å². The van der Waals surface area contributed by atoms with E-state index >= 15 is 0 Å². The molecule has 8 nitrogen and oxygen atoms in total. The molecule has 0 spiro atoms. The summed E-state index contributed by atoms with van der Waals surface area (Å²) in [5.74, 6) is -0.309. The average Bonchev–Trinajstić information content (AvgIpc) is 3.41. The first kappa shape index (κ1) is 30.3. The van der Waals surface area contributed by atoms with Crippen LogP contribution in [0.1, 0.15) is 82.7 Å². The fourth-order valence-electron chi connectivity index (χ4n) is 6.57. The second-order valence-electron chi connectivity index (χ2n) is 13.5. The summed E-state index contributed by atoms with van der Waals surface area (Å²) in [6, 6.07) is 19.2. The van der Waals surface area contributed by atoms with E-state index in [1.165, 1.54) is 11.1 Å². The van der Waals surface area contributed by atoms with Crippen LogP contribution in [0.15, 0.2) is 54.6 Å². The van der Waals surface area contributed by atoms with Gasteiger partial charge in [0.15, 0.2) is 11.8 Å². The summed E-state index contributed by atoms with van der Waals surface area (Å²) in [5, 5.41) is 15.5. The largest absolute Gasteiger partial charge is 0.479 e. The first-order valence-electron chi connectivity index (χ1n) is 15.9. The molecule has 0 amide bonds. The molecule has 1 atom stereocenters. The highest BCUT2D eigenvalue weighted by Crippen LogP contribution is 2.39. The van der Waals surface area contributed by atoms with Gasteiger partial charge in [-0.25, -0.2) is 9.78 Å². The third-order valence-electron chi connectivity index (χ3n) is 8.91. The van der Waals surface area contributed by atoms with Crippen molar-refractivity contribution >= 4 is 17.4 Å². The van der Waals surface area contributed by atoms with E-state index in [0.717, 1.165) is 67.8 Å². The summed E-state index contributed by atoms with van der Waals surface area (Å²) in [7, 11) is 0. The molecule has 7 rings (SSSR count). The number of benzene rings is 2. The minimum atomic E-state index is -1.19. The van der Waals surface area contributed by atoms with Crippen LogP contribution in [0.4, 0.5) is 5.82 Å². The summed E-state index contributed by atoms with van der Waals surface area (Å²) in [6.07, 6.45) is 4.76. The summed E-state index contributed by atoms with van der Waals surface area (Å²) in [5.41, 5.74) is 6.48. The van der Waals surface area contributed by atoms with Crippen LogP contribution in [0, 0.1) is 6.92 Å². The second kappa shape index (κ2) is 12.0. The zero-order chi connectivity index (χ0) is 31.1. The third kappa shape index (κ3) is 6.24. The van der Waals surface area contributed by atoms with Crippen LogP contribution in [0.2, 0.25) is 0 Å². The summed E-state index contributed by atoms with van der Waals surface area (Å²) >= 11 is 0. The van der Waals surface area contributed by atoms with Crippen molar-refractivity contribution in [2.45, 2.75) is 90.4 Å². The highest BCUT2D eigenvalue weighted by Gasteiger charge is 2.37. The predicted molar refractivity (Wildman–Crippen MR) is 173 cm³/mol. The van der Waals surface area contributed by atoms with Gasteiger partial charge in [0.2, 0.25) is 0 Å². The normalized spacial score (nSPS) is 18.0. The van der Waals surface area contributed by atoms with E-state index in [2.05, 4.69) is 60.4 Å². The van der Waals surface area contributed by atoms with Crippen molar-refractivity contribution in [3.8, 4) is 22.4 Å². The highest BCUT2D eigenvalue weighted by atomic mass is 16.5. The topological polar surface area (TPSA) is 89.2 Å². The number of carboxylic acid groups (broad SMARTS) is 1. The van der Waals surface area contributed by atoms with Crippen molar-refractivity contribution in [3.05, 3.63) is 71.4 Å². The van der Waals surface area contributed by atoms with E-state index in [4.69, 9.17) is 19.6 Å². The summed E-state index contributed by atoms with van der Waals surface area (Å²) < 4.78 is 14.5. The number of aromatic nitrogens is 3. The standard InChI is InChI=1S/C36H44N4O4/c1-24-31(32(34(41)42)44-35(2,3)4)33-39-19-17-36(5,18-20-39)43-21-10-6-7-12-25-13-8-9-16-28(25)26-14-11-15-27(22-26)29-23-30(37-24)40(33)38-29/h8-9,11,13-16,22-23,32H,6-7,10,12,17-21H2,1-5H3,(H,41,42)/t32-/m0/s1. The summed E-state index contributed by atoms with van der Waals surface area (Å²) in [4.78, 5) is 19.9. The van der Waals surface area contributed by atoms with E-state index in [1.807, 2.05) is 38.3 Å². The molecule has 3 aliphatic heterocycles. The second-order valence-corrected chi connectivity index (χ2v) is 13.5. The van der Waals surface area contributed by atoms with Gasteiger partial charge in [0, 0.05) is 37.0 Å². The highest BCUT2D eigenvalue weighted by molar-refractivity contribution is 5.79. The number of piperidine rings is 1. The molecule has 2 aromatic carbocycles. The minimum Gasteiger partial charge on any atom is -0.479 e. The van der Waals surface area contributed by atoms with E-state index in [9.17, 15) is 9.90 Å². The van der Waals surface area contributed by atoms with Crippen LogP contribution in [0.3, 0.4) is 0 Å². The lowest BCUT2D eigenvalue weighted by Gasteiger charge is -2.41. The molecule has 6 bridgehead atoms. The van der Waals surface area contributed by atoms with E-state index < -0.39 is 17.7 Å². The number of hydrogen-bond acceptors (Lipinski definition) is 6. The lowest BCUT2D eigenvalue weighted by atomic mass is 9.92. The Morgan fingerprint density at radius 2 is 1.77 bits per heavy atom. The molecular formula is C36H44N4O4. The summed E-state index contributed by atoms with van der Waals surface area (Å²) in [6.45, 7) is 11.9. The molecule has 8 heteroatoms. The van der Waals surface area contributed by atoms with Crippen LogP contribution >= 0.6 is 0 Å². The molecule has 0 aliphatic carbocycles. The zero-order valence-electron chi connectivity index (χ0n) is 26.6. The Balaban J connectivity index is 1.54. The quantitative estimate of drug-likeness (QED) is 0.263. The Morgan fingerprint density at radius 1 is 1.02 bits per heavy atom. The van der Waals surface area contributed by atoms with Crippen molar-refractivity contribution in [1.82, 2.24) is 14.6 Å². The van der Waals surface area contributed by atoms with Gasteiger partial charge in [-0.1, -0.05) is 48.9 Å². The Bertz CT molecular complexity index is 1660. The van der Waals surface area contributed by atoms with E-state index in [0.29, 0.717) is 30.0 Å². The van der Waals surface area contributed by atoms with Crippen molar-refractivity contribution < 1.29 is 19.4 Å². The molecule has 1 N–H and O–H groups in total. The van der Waals surface area contributed by atoms with Crippen LogP contribution in [-0.2, 0) is 20.7 Å². The van der Waals surface area contributed by atoms with Gasteiger partial charge in [0.05, 0.1) is 22.5 Å². The fourth-order valence-corrected chi connectivity index (χ4v) is 6.57. The third-order valence-corrected chi connectivity index (χ3v) is 8.91. The fraction of sp³-hybridized carbons (Fsp3) is 0.472. The maximum Gasteiger partial charge on any atom is 0.337 e.